The van der Waals surface area contributed by atoms with Crippen LogP contribution in [-0.4, -0.2) is 74.6 Å². The Morgan fingerprint density at radius 2 is 2.26 bits per heavy atom. The summed E-state index contributed by atoms with van der Waals surface area (Å²) in [6.45, 7) is 5.02. The Morgan fingerprint density at radius 1 is 1.42 bits per heavy atom. The Morgan fingerprint density at radius 3 is 3.05 bits per heavy atom. The smallest absolute Gasteiger partial charge is 0.228 e. The second-order valence-electron chi connectivity index (χ2n) is 5.16. The summed E-state index contributed by atoms with van der Waals surface area (Å²) in [6, 6.07) is 0. The van der Waals surface area contributed by atoms with Crippen LogP contribution in [0.25, 0.3) is 0 Å². The molecule has 0 radical (unpaired) electrons. The lowest BCUT2D eigenvalue weighted by atomic mass is 10.1. The Balaban J connectivity index is 1.87. The highest BCUT2D eigenvalue weighted by Gasteiger charge is 2.36. The van der Waals surface area contributed by atoms with Gasteiger partial charge in [-0.15, -0.1) is 0 Å². The van der Waals surface area contributed by atoms with E-state index in [0.717, 1.165) is 32.6 Å². The fraction of sp³-hybridized carbons (Fsp3) is 0.846. The van der Waals surface area contributed by atoms with E-state index in [4.69, 9.17) is 4.74 Å². The van der Waals surface area contributed by atoms with Crippen molar-refractivity contribution in [3.05, 3.63) is 0 Å². The van der Waals surface area contributed by atoms with Crippen molar-refractivity contribution < 1.29 is 14.3 Å². The highest BCUT2D eigenvalue weighted by molar-refractivity contribution is 5.89. The van der Waals surface area contributed by atoms with E-state index in [2.05, 4.69) is 5.32 Å². The van der Waals surface area contributed by atoms with E-state index in [9.17, 15) is 9.59 Å². The molecular weight excluding hydrogens is 246 g/mol. The zero-order chi connectivity index (χ0) is 13.7. The van der Waals surface area contributed by atoms with Gasteiger partial charge in [-0.2, -0.15) is 0 Å². The van der Waals surface area contributed by atoms with E-state index in [0.29, 0.717) is 26.1 Å². The SMILES string of the molecule is COCCN1C[C@@H](C(=O)N2CCCNCC2)CC1=O. The highest BCUT2D eigenvalue weighted by atomic mass is 16.5. The molecule has 0 aromatic heterocycles. The van der Waals surface area contributed by atoms with Gasteiger partial charge in [-0.05, 0) is 13.0 Å². The lowest BCUT2D eigenvalue weighted by Crippen LogP contribution is -2.39. The van der Waals surface area contributed by atoms with Crippen LogP contribution in [0.4, 0.5) is 0 Å². The van der Waals surface area contributed by atoms with Crippen LogP contribution in [0.15, 0.2) is 0 Å². The summed E-state index contributed by atoms with van der Waals surface area (Å²) in [5.74, 6) is 0.0442. The third-order valence-corrected chi connectivity index (χ3v) is 3.78. The summed E-state index contributed by atoms with van der Waals surface area (Å²) < 4.78 is 4.98. The number of nitrogens with one attached hydrogen (secondary N) is 1. The monoisotopic (exact) mass is 269 g/mol. The number of ether oxygens (including phenoxy) is 1. The van der Waals surface area contributed by atoms with Crippen LogP contribution >= 0.6 is 0 Å². The van der Waals surface area contributed by atoms with Gasteiger partial charge in [0.2, 0.25) is 11.8 Å². The van der Waals surface area contributed by atoms with Gasteiger partial charge in [-0.3, -0.25) is 9.59 Å². The van der Waals surface area contributed by atoms with Gasteiger partial charge in [0.05, 0.1) is 12.5 Å². The molecule has 2 fully saturated rings. The van der Waals surface area contributed by atoms with Crippen LogP contribution in [0.1, 0.15) is 12.8 Å². The van der Waals surface area contributed by atoms with Crippen LogP contribution in [0, 0.1) is 5.92 Å². The van der Waals surface area contributed by atoms with Crippen molar-refractivity contribution in [2.24, 2.45) is 5.92 Å². The molecule has 6 heteroatoms. The molecule has 2 amide bonds. The molecule has 0 aromatic carbocycles. The lowest BCUT2D eigenvalue weighted by molar-refractivity contribution is -0.135. The quantitative estimate of drug-likeness (QED) is 0.733. The Labute approximate surface area is 114 Å². The summed E-state index contributed by atoms with van der Waals surface area (Å²) >= 11 is 0. The summed E-state index contributed by atoms with van der Waals surface area (Å²) in [7, 11) is 1.62. The van der Waals surface area contributed by atoms with Crippen molar-refractivity contribution in [2.75, 3.05) is 53.0 Å². The van der Waals surface area contributed by atoms with Gasteiger partial charge >= 0.3 is 0 Å². The molecule has 19 heavy (non-hydrogen) atoms. The number of hydrogen-bond acceptors (Lipinski definition) is 4. The molecule has 108 valence electrons. The highest BCUT2D eigenvalue weighted by Crippen LogP contribution is 2.20. The molecule has 1 N–H and O–H groups in total. The van der Waals surface area contributed by atoms with Crippen LogP contribution < -0.4 is 5.32 Å². The van der Waals surface area contributed by atoms with E-state index in [1.165, 1.54) is 0 Å². The molecule has 6 nitrogen and oxygen atoms in total. The third kappa shape index (κ3) is 3.67. The average molecular weight is 269 g/mol. The second-order valence-corrected chi connectivity index (χ2v) is 5.16. The number of amides is 2. The molecule has 1 atom stereocenters. The van der Waals surface area contributed by atoms with Crippen LogP contribution in [0.2, 0.25) is 0 Å². The number of rotatable bonds is 4. The molecule has 2 heterocycles. The maximum Gasteiger partial charge on any atom is 0.228 e. The molecule has 0 bridgehead atoms. The maximum atomic E-state index is 12.4. The van der Waals surface area contributed by atoms with Crippen LogP contribution in [-0.2, 0) is 14.3 Å². The van der Waals surface area contributed by atoms with E-state index in [-0.39, 0.29) is 17.7 Å². The molecule has 2 aliphatic heterocycles. The first-order valence-electron chi connectivity index (χ1n) is 6.98. The largest absolute Gasteiger partial charge is 0.383 e. The van der Waals surface area contributed by atoms with Gasteiger partial charge in [0, 0.05) is 46.3 Å². The Bertz CT molecular complexity index is 327. The normalized spacial score (nSPS) is 24.7. The minimum Gasteiger partial charge on any atom is -0.383 e. The van der Waals surface area contributed by atoms with E-state index < -0.39 is 0 Å². The Kier molecular flexibility index (Phi) is 5.15. The number of carbonyl (C=O) groups excluding carboxylic acids is 2. The lowest BCUT2D eigenvalue weighted by Gasteiger charge is -2.23. The Hall–Kier alpha value is -1.14. The second kappa shape index (κ2) is 6.86. The van der Waals surface area contributed by atoms with Gasteiger partial charge in [0.25, 0.3) is 0 Å². The predicted molar refractivity (Wildman–Crippen MR) is 70.6 cm³/mol. The molecule has 0 unspecified atom stereocenters. The maximum absolute atomic E-state index is 12.4. The summed E-state index contributed by atoms with van der Waals surface area (Å²) in [5.41, 5.74) is 0. The average Bonchev–Trinajstić information content (AvgIpc) is 2.64. The molecular formula is C13H23N3O3. The first-order valence-corrected chi connectivity index (χ1v) is 6.98. The van der Waals surface area contributed by atoms with Gasteiger partial charge in [0.15, 0.2) is 0 Å². The van der Waals surface area contributed by atoms with E-state index >= 15 is 0 Å². The van der Waals surface area contributed by atoms with Crippen molar-refractivity contribution in [2.45, 2.75) is 12.8 Å². The molecule has 2 aliphatic rings. The minimum absolute atomic E-state index is 0.0725. The molecule has 0 spiro atoms. The van der Waals surface area contributed by atoms with Crippen molar-refractivity contribution in [3.8, 4) is 0 Å². The number of hydrogen-bond donors (Lipinski definition) is 1. The van der Waals surface area contributed by atoms with Crippen molar-refractivity contribution in [3.63, 3.8) is 0 Å². The van der Waals surface area contributed by atoms with Crippen LogP contribution in [0.5, 0.6) is 0 Å². The first kappa shape index (κ1) is 14.3. The van der Waals surface area contributed by atoms with Crippen molar-refractivity contribution in [1.82, 2.24) is 15.1 Å². The van der Waals surface area contributed by atoms with Crippen molar-refractivity contribution >= 4 is 11.8 Å². The molecule has 0 aliphatic carbocycles. The number of likely N-dealkylation sites (tertiary alicyclic amines) is 1. The zero-order valence-corrected chi connectivity index (χ0v) is 11.6. The fourth-order valence-electron chi connectivity index (χ4n) is 2.68. The summed E-state index contributed by atoms with van der Waals surface area (Å²) in [6.07, 6.45) is 1.34. The number of methoxy groups -OCH3 is 1. The molecule has 0 saturated carbocycles. The third-order valence-electron chi connectivity index (χ3n) is 3.78. The fourth-order valence-corrected chi connectivity index (χ4v) is 2.68. The van der Waals surface area contributed by atoms with Gasteiger partial charge in [-0.1, -0.05) is 0 Å². The summed E-state index contributed by atoms with van der Waals surface area (Å²) in [5, 5.41) is 3.28. The number of carbonyl (C=O) groups is 2. The van der Waals surface area contributed by atoms with Gasteiger partial charge < -0.3 is 19.9 Å². The van der Waals surface area contributed by atoms with E-state index in [1.54, 1.807) is 12.0 Å². The van der Waals surface area contributed by atoms with Crippen molar-refractivity contribution in [1.29, 1.82) is 0 Å². The molecule has 2 rings (SSSR count). The zero-order valence-electron chi connectivity index (χ0n) is 11.6. The van der Waals surface area contributed by atoms with Gasteiger partial charge in [-0.25, -0.2) is 0 Å². The van der Waals surface area contributed by atoms with Crippen LogP contribution in [0.3, 0.4) is 0 Å². The standard InChI is InChI=1S/C13H23N3O3/c1-19-8-7-16-10-11(9-12(16)17)13(18)15-5-2-3-14-4-6-15/h11,14H,2-10H2,1H3/t11-/m0/s1. The predicted octanol–water partition coefficient (Wildman–Crippen LogP) is -0.697. The topological polar surface area (TPSA) is 61.9 Å². The minimum atomic E-state index is -0.164. The summed E-state index contributed by atoms with van der Waals surface area (Å²) in [4.78, 5) is 27.9. The van der Waals surface area contributed by atoms with E-state index in [1.807, 2.05) is 4.90 Å². The molecule has 0 aromatic rings. The molecule has 2 saturated heterocycles. The first-order chi connectivity index (χ1) is 9.22. The van der Waals surface area contributed by atoms with Gasteiger partial charge in [0.1, 0.15) is 0 Å². The number of nitrogens with zero attached hydrogens (tertiary/aromatic N) is 2.